The lowest BCUT2D eigenvalue weighted by Gasteiger charge is -2.39. The molecule has 0 spiro atoms. The second-order valence-electron chi connectivity index (χ2n) is 4.33. The minimum Gasteiger partial charge on any atom is -0.481 e. The first-order valence-corrected chi connectivity index (χ1v) is 5.77. The highest BCUT2D eigenvalue weighted by atomic mass is 16.4. The highest BCUT2D eigenvalue weighted by molar-refractivity contribution is 5.76. The number of amides is 2. The Morgan fingerprint density at radius 3 is 2.71 bits per heavy atom. The number of urea groups is 1. The molecule has 0 radical (unpaired) electrons. The lowest BCUT2D eigenvalue weighted by atomic mass is 9.97. The van der Waals surface area contributed by atoms with Gasteiger partial charge in [-0.3, -0.25) is 4.79 Å². The molecule has 1 atom stereocenters. The maximum absolute atomic E-state index is 11.7. The van der Waals surface area contributed by atoms with Crippen molar-refractivity contribution in [3.8, 4) is 12.3 Å². The van der Waals surface area contributed by atoms with Gasteiger partial charge in [-0.05, 0) is 6.42 Å². The van der Waals surface area contributed by atoms with E-state index in [0.717, 1.165) is 6.42 Å². The van der Waals surface area contributed by atoms with Crippen LogP contribution >= 0.6 is 0 Å². The van der Waals surface area contributed by atoms with Crippen LogP contribution in [0.25, 0.3) is 0 Å². The number of carbonyl (C=O) groups is 2. The molecule has 94 valence electrons. The predicted molar refractivity (Wildman–Crippen MR) is 63.4 cm³/mol. The van der Waals surface area contributed by atoms with E-state index < -0.39 is 5.97 Å². The van der Waals surface area contributed by atoms with Gasteiger partial charge in [-0.2, -0.15) is 0 Å². The predicted octanol–water partition coefficient (Wildman–Crippen LogP) is 0.904. The molecular weight excluding hydrogens is 220 g/mol. The molecular formula is C12H18N2O3. The number of carbonyl (C=O) groups excluding carboxylic acids is 1. The van der Waals surface area contributed by atoms with E-state index in [-0.39, 0.29) is 24.4 Å². The fourth-order valence-corrected chi connectivity index (χ4v) is 1.82. The summed E-state index contributed by atoms with van der Waals surface area (Å²) < 4.78 is 0. The summed E-state index contributed by atoms with van der Waals surface area (Å²) in [6.07, 6.45) is 6.65. The summed E-state index contributed by atoms with van der Waals surface area (Å²) in [5, 5.41) is 11.4. The summed E-state index contributed by atoms with van der Waals surface area (Å²) in [5.41, 5.74) is 0. The summed E-state index contributed by atoms with van der Waals surface area (Å²) in [7, 11) is 0. The molecule has 1 rings (SSSR count). The van der Waals surface area contributed by atoms with E-state index in [1.165, 1.54) is 0 Å². The molecule has 5 heteroatoms. The number of hydrogen-bond acceptors (Lipinski definition) is 2. The summed E-state index contributed by atoms with van der Waals surface area (Å²) in [6, 6.07) is -0.139. The van der Waals surface area contributed by atoms with E-state index in [0.29, 0.717) is 19.5 Å². The van der Waals surface area contributed by atoms with Crippen molar-refractivity contribution in [2.45, 2.75) is 32.2 Å². The van der Waals surface area contributed by atoms with Gasteiger partial charge in [0.25, 0.3) is 0 Å². The zero-order chi connectivity index (χ0) is 12.8. The van der Waals surface area contributed by atoms with Crippen molar-refractivity contribution in [1.29, 1.82) is 0 Å². The molecule has 2 amide bonds. The lowest BCUT2D eigenvalue weighted by Crippen LogP contribution is -2.55. The Morgan fingerprint density at radius 2 is 2.24 bits per heavy atom. The molecule has 0 bridgehead atoms. The van der Waals surface area contributed by atoms with Gasteiger partial charge in [0.15, 0.2) is 0 Å². The van der Waals surface area contributed by atoms with E-state index in [9.17, 15) is 9.59 Å². The Bertz CT molecular complexity index is 329. The third-order valence-electron chi connectivity index (χ3n) is 2.89. The molecule has 5 nitrogen and oxygen atoms in total. The molecule has 1 aliphatic heterocycles. The van der Waals surface area contributed by atoms with Crippen LogP contribution < -0.4 is 5.32 Å². The van der Waals surface area contributed by atoms with Crippen LogP contribution in [-0.4, -0.2) is 41.1 Å². The Hall–Kier alpha value is -1.70. The van der Waals surface area contributed by atoms with E-state index in [2.05, 4.69) is 11.2 Å². The molecule has 1 aliphatic rings. The van der Waals surface area contributed by atoms with Gasteiger partial charge in [-0.1, -0.05) is 6.92 Å². The van der Waals surface area contributed by atoms with Crippen molar-refractivity contribution in [2.24, 2.45) is 5.92 Å². The van der Waals surface area contributed by atoms with Gasteiger partial charge in [0.05, 0.1) is 6.42 Å². The van der Waals surface area contributed by atoms with Gasteiger partial charge in [-0.25, -0.2) is 4.79 Å². The number of nitrogens with zero attached hydrogens (tertiary/aromatic N) is 1. The molecule has 0 aromatic carbocycles. The molecule has 0 aromatic rings. The molecule has 1 unspecified atom stereocenters. The van der Waals surface area contributed by atoms with Crippen molar-refractivity contribution in [3.63, 3.8) is 0 Å². The van der Waals surface area contributed by atoms with Crippen LogP contribution in [0.5, 0.6) is 0 Å². The topological polar surface area (TPSA) is 69.6 Å². The molecule has 17 heavy (non-hydrogen) atoms. The Balaban J connectivity index is 2.27. The van der Waals surface area contributed by atoms with Crippen molar-refractivity contribution in [1.82, 2.24) is 10.2 Å². The molecule has 2 N–H and O–H groups in total. The molecule has 1 heterocycles. The zero-order valence-electron chi connectivity index (χ0n) is 9.98. The van der Waals surface area contributed by atoms with Crippen LogP contribution in [0, 0.1) is 18.3 Å². The third kappa shape index (κ3) is 3.99. The normalized spacial score (nSPS) is 16.8. The molecule has 0 saturated carbocycles. The highest BCUT2D eigenvalue weighted by Gasteiger charge is 2.32. The summed E-state index contributed by atoms with van der Waals surface area (Å²) in [6.45, 7) is 3.00. The Labute approximate surface area is 101 Å². The van der Waals surface area contributed by atoms with Crippen LogP contribution in [0.1, 0.15) is 26.2 Å². The fraction of sp³-hybridized carbons (Fsp3) is 0.667. The van der Waals surface area contributed by atoms with Gasteiger partial charge >= 0.3 is 12.0 Å². The average Bonchev–Trinajstić information content (AvgIpc) is 2.21. The number of hydrogen-bond donors (Lipinski definition) is 2. The second kappa shape index (κ2) is 6.14. The minimum atomic E-state index is -0.811. The van der Waals surface area contributed by atoms with Crippen molar-refractivity contribution < 1.29 is 14.7 Å². The average molecular weight is 238 g/mol. The largest absolute Gasteiger partial charge is 0.481 e. The van der Waals surface area contributed by atoms with Crippen molar-refractivity contribution in [2.75, 3.05) is 13.1 Å². The molecule has 1 fully saturated rings. The highest BCUT2D eigenvalue weighted by Crippen LogP contribution is 2.19. The summed E-state index contributed by atoms with van der Waals surface area (Å²) in [5.74, 6) is 1.80. The maximum Gasteiger partial charge on any atom is 0.317 e. The smallest absolute Gasteiger partial charge is 0.317 e. The standard InChI is InChI=1S/C12H18N2O3/c1-3-5-10(4-2)13-12(17)14-7-9(8-14)6-11(15)16/h1,9-10H,4-8H2,2H3,(H,13,17)(H,15,16). The van der Waals surface area contributed by atoms with Gasteiger partial charge < -0.3 is 15.3 Å². The number of carboxylic acid groups (broad SMARTS) is 1. The van der Waals surface area contributed by atoms with Gasteiger partial charge in [0.1, 0.15) is 0 Å². The number of rotatable bonds is 5. The zero-order valence-corrected chi connectivity index (χ0v) is 9.98. The molecule has 0 aliphatic carbocycles. The first kappa shape index (κ1) is 13.4. The minimum absolute atomic E-state index is 0.00558. The number of aliphatic carboxylic acids is 1. The third-order valence-corrected chi connectivity index (χ3v) is 2.89. The summed E-state index contributed by atoms with van der Waals surface area (Å²) in [4.78, 5) is 23.8. The maximum atomic E-state index is 11.7. The van der Waals surface area contributed by atoms with Gasteiger partial charge in [0.2, 0.25) is 0 Å². The van der Waals surface area contributed by atoms with Gasteiger partial charge in [0, 0.05) is 31.5 Å². The number of terminal acetylenes is 1. The van der Waals surface area contributed by atoms with E-state index in [1.807, 2.05) is 6.92 Å². The SMILES string of the molecule is C#CCC(CC)NC(=O)N1CC(CC(=O)O)C1. The number of carboxylic acids is 1. The van der Waals surface area contributed by atoms with E-state index >= 15 is 0 Å². The lowest BCUT2D eigenvalue weighted by molar-refractivity contribution is -0.139. The fourth-order valence-electron chi connectivity index (χ4n) is 1.82. The molecule has 0 aromatic heterocycles. The summed E-state index contributed by atoms with van der Waals surface area (Å²) >= 11 is 0. The van der Waals surface area contributed by atoms with Gasteiger partial charge in [-0.15, -0.1) is 12.3 Å². The first-order chi connectivity index (χ1) is 8.06. The van der Waals surface area contributed by atoms with Crippen molar-refractivity contribution >= 4 is 12.0 Å². The van der Waals surface area contributed by atoms with Crippen LogP contribution in [0.4, 0.5) is 4.79 Å². The van der Waals surface area contributed by atoms with Crippen LogP contribution in [0.2, 0.25) is 0 Å². The Morgan fingerprint density at radius 1 is 1.59 bits per heavy atom. The Kier molecular flexibility index (Phi) is 4.83. The van der Waals surface area contributed by atoms with Crippen LogP contribution in [0.3, 0.4) is 0 Å². The van der Waals surface area contributed by atoms with Crippen LogP contribution in [0.15, 0.2) is 0 Å². The second-order valence-corrected chi connectivity index (χ2v) is 4.33. The first-order valence-electron chi connectivity index (χ1n) is 5.77. The quantitative estimate of drug-likeness (QED) is 0.699. The van der Waals surface area contributed by atoms with Crippen molar-refractivity contribution in [3.05, 3.63) is 0 Å². The van der Waals surface area contributed by atoms with E-state index in [4.69, 9.17) is 11.5 Å². The monoisotopic (exact) mass is 238 g/mol. The van der Waals surface area contributed by atoms with E-state index in [1.54, 1.807) is 4.90 Å². The van der Waals surface area contributed by atoms with Crippen LogP contribution in [-0.2, 0) is 4.79 Å². The number of likely N-dealkylation sites (tertiary alicyclic amines) is 1. The molecule has 1 saturated heterocycles. The number of nitrogens with one attached hydrogen (secondary N) is 1.